The first-order valence-corrected chi connectivity index (χ1v) is 8.58. The molecular formula is C21H21FN2O2. The summed E-state index contributed by atoms with van der Waals surface area (Å²) in [7, 11) is 0. The molecule has 5 heteroatoms. The van der Waals surface area contributed by atoms with Crippen LogP contribution < -0.4 is 5.32 Å². The molecule has 134 valence electrons. The lowest BCUT2D eigenvalue weighted by Crippen LogP contribution is -2.26. The highest BCUT2D eigenvalue weighted by atomic mass is 19.1. The molecule has 1 aromatic heterocycles. The number of carbonyl (C=O) groups is 1. The Morgan fingerprint density at radius 3 is 2.54 bits per heavy atom. The Morgan fingerprint density at radius 2 is 1.85 bits per heavy atom. The maximum Gasteiger partial charge on any atom is 0.220 e. The van der Waals surface area contributed by atoms with Crippen molar-refractivity contribution in [3.8, 4) is 11.3 Å². The molecule has 3 rings (SSSR count). The van der Waals surface area contributed by atoms with Gasteiger partial charge >= 0.3 is 0 Å². The summed E-state index contributed by atoms with van der Waals surface area (Å²) in [4.78, 5) is 16.4. The third-order valence-corrected chi connectivity index (χ3v) is 4.20. The molecule has 0 saturated heterocycles. The minimum Gasteiger partial charge on any atom is -0.441 e. The number of hydrogen-bond donors (Lipinski definition) is 1. The highest BCUT2D eigenvalue weighted by molar-refractivity contribution is 5.76. The predicted octanol–water partition coefficient (Wildman–Crippen LogP) is 4.60. The Labute approximate surface area is 152 Å². The zero-order chi connectivity index (χ0) is 18.5. The fourth-order valence-electron chi connectivity index (χ4n) is 2.65. The summed E-state index contributed by atoms with van der Waals surface area (Å²) in [6.07, 6.45) is 2.29. The van der Waals surface area contributed by atoms with Gasteiger partial charge in [0.25, 0.3) is 0 Å². The van der Waals surface area contributed by atoms with E-state index in [1.54, 1.807) is 18.3 Å². The van der Waals surface area contributed by atoms with Crippen molar-refractivity contribution in [3.63, 3.8) is 0 Å². The van der Waals surface area contributed by atoms with Crippen molar-refractivity contribution in [2.24, 2.45) is 0 Å². The first-order chi connectivity index (χ1) is 12.5. The van der Waals surface area contributed by atoms with E-state index < -0.39 is 0 Å². The van der Waals surface area contributed by atoms with Gasteiger partial charge in [-0.1, -0.05) is 29.8 Å². The van der Waals surface area contributed by atoms with Crippen molar-refractivity contribution in [3.05, 3.63) is 77.6 Å². The molecule has 0 aliphatic rings. The van der Waals surface area contributed by atoms with Gasteiger partial charge in [0.05, 0.1) is 12.2 Å². The number of halogens is 1. The summed E-state index contributed by atoms with van der Waals surface area (Å²) in [5, 5.41) is 2.98. The van der Waals surface area contributed by atoms with Gasteiger partial charge in [0, 0.05) is 18.4 Å². The lowest BCUT2D eigenvalue weighted by Gasteiger charge is -2.14. The topological polar surface area (TPSA) is 55.1 Å². The first-order valence-electron chi connectivity index (χ1n) is 8.58. The van der Waals surface area contributed by atoms with Crippen molar-refractivity contribution in [2.45, 2.75) is 32.7 Å². The Hall–Kier alpha value is -2.95. The van der Waals surface area contributed by atoms with Gasteiger partial charge in [0.2, 0.25) is 5.91 Å². The highest BCUT2D eigenvalue weighted by Gasteiger charge is 2.12. The highest BCUT2D eigenvalue weighted by Crippen LogP contribution is 2.21. The molecule has 1 heterocycles. The molecule has 0 radical (unpaired) electrons. The normalized spacial score (nSPS) is 12.0. The molecule has 0 aliphatic carbocycles. The van der Waals surface area contributed by atoms with Crippen molar-refractivity contribution in [1.29, 1.82) is 0 Å². The van der Waals surface area contributed by atoms with Gasteiger partial charge in [0.15, 0.2) is 11.7 Å². The lowest BCUT2D eigenvalue weighted by atomic mass is 10.1. The zero-order valence-electron chi connectivity index (χ0n) is 14.8. The molecule has 0 bridgehead atoms. The van der Waals surface area contributed by atoms with Gasteiger partial charge < -0.3 is 9.73 Å². The van der Waals surface area contributed by atoms with Crippen molar-refractivity contribution < 1.29 is 13.6 Å². The Kier molecular flexibility index (Phi) is 5.46. The molecule has 1 atom stereocenters. The van der Waals surface area contributed by atoms with E-state index in [1.807, 2.05) is 38.1 Å². The molecule has 2 aromatic carbocycles. The van der Waals surface area contributed by atoms with Crippen molar-refractivity contribution >= 4 is 5.91 Å². The number of hydrogen-bond acceptors (Lipinski definition) is 3. The molecule has 0 saturated carbocycles. The number of nitrogens with one attached hydrogen (secondary N) is 1. The monoisotopic (exact) mass is 352 g/mol. The van der Waals surface area contributed by atoms with Crippen LogP contribution in [0.15, 0.2) is 59.1 Å². The number of nitrogens with zero attached hydrogens (tertiary/aromatic N) is 1. The Morgan fingerprint density at radius 1 is 1.15 bits per heavy atom. The number of aryl methyl sites for hydroxylation is 2. The maximum atomic E-state index is 13.0. The predicted molar refractivity (Wildman–Crippen MR) is 98.0 cm³/mol. The second-order valence-electron chi connectivity index (χ2n) is 6.33. The summed E-state index contributed by atoms with van der Waals surface area (Å²) in [5.74, 6) is 0.698. The molecule has 4 nitrogen and oxygen atoms in total. The number of rotatable bonds is 6. The van der Waals surface area contributed by atoms with E-state index >= 15 is 0 Å². The average molecular weight is 352 g/mol. The summed E-state index contributed by atoms with van der Waals surface area (Å²) in [5.41, 5.74) is 3.01. The van der Waals surface area contributed by atoms with E-state index in [1.165, 1.54) is 17.7 Å². The van der Waals surface area contributed by atoms with Gasteiger partial charge in [-0.15, -0.1) is 0 Å². The van der Waals surface area contributed by atoms with Crippen molar-refractivity contribution in [2.75, 3.05) is 0 Å². The lowest BCUT2D eigenvalue weighted by molar-refractivity contribution is -0.121. The van der Waals surface area contributed by atoms with Crippen LogP contribution in [0.3, 0.4) is 0 Å². The minimum absolute atomic E-state index is 0.0533. The van der Waals surface area contributed by atoms with Crippen LogP contribution in [0.2, 0.25) is 0 Å². The first kappa shape index (κ1) is 17.9. The molecular weight excluding hydrogens is 331 g/mol. The second-order valence-corrected chi connectivity index (χ2v) is 6.33. The van der Waals surface area contributed by atoms with Crippen molar-refractivity contribution in [1.82, 2.24) is 10.3 Å². The number of aromatic nitrogens is 1. The van der Waals surface area contributed by atoms with Crippen LogP contribution in [0.1, 0.15) is 36.4 Å². The van der Waals surface area contributed by atoms with Crippen LogP contribution >= 0.6 is 0 Å². The summed E-state index contributed by atoms with van der Waals surface area (Å²) in [6, 6.07) is 14.1. The van der Waals surface area contributed by atoms with E-state index in [0.29, 0.717) is 24.5 Å². The molecule has 1 N–H and O–H groups in total. The molecule has 0 aliphatic heterocycles. The van der Waals surface area contributed by atoms with E-state index in [2.05, 4.69) is 10.3 Å². The standard InChI is InChI=1S/C21H21FN2O2/c1-14-3-5-16(6-4-14)15(2)24-20(25)11-12-21-23-13-19(26-21)17-7-9-18(22)10-8-17/h3-10,13,15H,11-12H2,1-2H3,(H,24,25). The number of carbonyl (C=O) groups excluding carboxylic acids is 1. The van der Waals surface area contributed by atoms with E-state index in [-0.39, 0.29) is 17.8 Å². The average Bonchev–Trinajstić information content (AvgIpc) is 3.10. The third kappa shape index (κ3) is 4.57. The fourth-order valence-corrected chi connectivity index (χ4v) is 2.65. The SMILES string of the molecule is Cc1ccc(C(C)NC(=O)CCc2ncc(-c3ccc(F)cc3)o2)cc1. The second kappa shape index (κ2) is 7.95. The Balaban J connectivity index is 1.53. The summed E-state index contributed by atoms with van der Waals surface area (Å²) in [6.45, 7) is 3.99. The van der Waals surface area contributed by atoms with Gasteiger partial charge in [0.1, 0.15) is 5.82 Å². The Bertz CT molecular complexity index is 870. The van der Waals surface area contributed by atoms with E-state index in [9.17, 15) is 9.18 Å². The van der Waals surface area contributed by atoms with Crippen LogP contribution in [-0.4, -0.2) is 10.9 Å². The van der Waals surface area contributed by atoms with Gasteiger partial charge in [-0.05, 0) is 43.7 Å². The third-order valence-electron chi connectivity index (χ3n) is 4.20. The van der Waals surface area contributed by atoms with E-state index in [4.69, 9.17) is 4.42 Å². The molecule has 0 spiro atoms. The number of benzene rings is 2. The summed E-state index contributed by atoms with van der Waals surface area (Å²) >= 11 is 0. The molecule has 1 unspecified atom stereocenters. The van der Waals surface area contributed by atoms with Gasteiger partial charge in [-0.2, -0.15) is 0 Å². The van der Waals surface area contributed by atoms with Crippen LogP contribution in [-0.2, 0) is 11.2 Å². The quantitative estimate of drug-likeness (QED) is 0.705. The van der Waals surface area contributed by atoms with Crippen LogP contribution in [0.25, 0.3) is 11.3 Å². The number of amides is 1. The van der Waals surface area contributed by atoms with Crippen LogP contribution in [0.4, 0.5) is 4.39 Å². The summed E-state index contributed by atoms with van der Waals surface area (Å²) < 4.78 is 18.6. The number of oxazole rings is 1. The van der Waals surface area contributed by atoms with Gasteiger partial charge in [-0.25, -0.2) is 9.37 Å². The maximum absolute atomic E-state index is 13.0. The van der Waals surface area contributed by atoms with Crippen LogP contribution in [0, 0.1) is 12.7 Å². The zero-order valence-corrected chi connectivity index (χ0v) is 14.8. The van der Waals surface area contributed by atoms with Crippen LogP contribution in [0.5, 0.6) is 0 Å². The minimum atomic E-state index is -0.298. The molecule has 1 amide bonds. The molecule has 0 fully saturated rings. The molecule has 26 heavy (non-hydrogen) atoms. The molecule has 3 aromatic rings. The fraction of sp³-hybridized carbons (Fsp3) is 0.238. The smallest absolute Gasteiger partial charge is 0.220 e. The van der Waals surface area contributed by atoms with Gasteiger partial charge in [-0.3, -0.25) is 4.79 Å². The van der Waals surface area contributed by atoms with E-state index in [0.717, 1.165) is 11.1 Å². The largest absolute Gasteiger partial charge is 0.441 e.